The summed E-state index contributed by atoms with van der Waals surface area (Å²) in [6.07, 6.45) is 2.28. The van der Waals surface area contributed by atoms with E-state index in [9.17, 15) is 9.18 Å². The van der Waals surface area contributed by atoms with Crippen LogP contribution < -0.4 is 10.5 Å². The second-order valence-electron chi connectivity index (χ2n) is 7.24. The van der Waals surface area contributed by atoms with Crippen molar-refractivity contribution in [1.29, 1.82) is 0 Å². The summed E-state index contributed by atoms with van der Waals surface area (Å²) >= 11 is 0. The van der Waals surface area contributed by atoms with Crippen molar-refractivity contribution in [3.05, 3.63) is 76.1 Å². The lowest BCUT2D eigenvalue weighted by atomic mass is 10.1. The standard InChI is InChI=1S/C22H23FN4O2/c1-3-18-10-21(28)26-22(25-18)16-6-9-20(24-11-16)27-12-14(2)29-19(13-27)15-4-7-17(23)8-5-15/h4-11,14,19H,3,12-13H2,1-2H3,(H,25,26,28). The van der Waals surface area contributed by atoms with Crippen LogP contribution in [0.5, 0.6) is 0 Å². The van der Waals surface area contributed by atoms with Gasteiger partial charge in [-0.05, 0) is 43.2 Å². The first-order valence-corrected chi connectivity index (χ1v) is 9.74. The third-order valence-electron chi connectivity index (χ3n) is 5.00. The fourth-order valence-electron chi connectivity index (χ4n) is 3.54. The van der Waals surface area contributed by atoms with Crippen LogP contribution >= 0.6 is 0 Å². The van der Waals surface area contributed by atoms with Gasteiger partial charge in [0.1, 0.15) is 23.6 Å². The van der Waals surface area contributed by atoms with Gasteiger partial charge in [-0.25, -0.2) is 14.4 Å². The third-order valence-corrected chi connectivity index (χ3v) is 5.00. The summed E-state index contributed by atoms with van der Waals surface area (Å²) in [5.74, 6) is 1.09. The Balaban J connectivity index is 1.56. The van der Waals surface area contributed by atoms with Gasteiger partial charge in [-0.15, -0.1) is 0 Å². The Labute approximate surface area is 168 Å². The molecule has 0 saturated carbocycles. The van der Waals surface area contributed by atoms with E-state index in [0.717, 1.165) is 22.6 Å². The van der Waals surface area contributed by atoms with Gasteiger partial charge < -0.3 is 14.6 Å². The molecule has 0 aliphatic carbocycles. The highest BCUT2D eigenvalue weighted by Gasteiger charge is 2.27. The van der Waals surface area contributed by atoms with Crippen LogP contribution in [0.3, 0.4) is 0 Å². The van der Waals surface area contributed by atoms with Crippen LogP contribution in [0.2, 0.25) is 0 Å². The molecule has 0 amide bonds. The minimum absolute atomic E-state index is 0.0135. The highest BCUT2D eigenvalue weighted by molar-refractivity contribution is 5.56. The molecule has 29 heavy (non-hydrogen) atoms. The molecular formula is C22H23FN4O2. The number of aromatic nitrogens is 3. The number of aromatic amines is 1. The van der Waals surface area contributed by atoms with E-state index in [1.165, 1.54) is 18.2 Å². The molecule has 1 aromatic carbocycles. The maximum absolute atomic E-state index is 13.2. The smallest absolute Gasteiger partial charge is 0.251 e. The summed E-state index contributed by atoms with van der Waals surface area (Å²) in [7, 11) is 0. The topological polar surface area (TPSA) is 71.1 Å². The van der Waals surface area contributed by atoms with E-state index < -0.39 is 0 Å². The number of pyridine rings is 1. The predicted octanol–water partition coefficient (Wildman–Crippen LogP) is 3.50. The number of H-pyrrole nitrogens is 1. The van der Waals surface area contributed by atoms with Crippen molar-refractivity contribution >= 4 is 5.82 Å². The summed E-state index contributed by atoms with van der Waals surface area (Å²) in [6, 6.07) is 11.8. The molecule has 3 heterocycles. The first-order chi connectivity index (χ1) is 14.0. The number of hydrogen-bond acceptors (Lipinski definition) is 5. The molecule has 2 atom stereocenters. The molecule has 6 nitrogen and oxygen atoms in total. The fraction of sp³-hybridized carbons (Fsp3) is 0.318. The normalized spacial score (nSPS) is 19.3. The van der Waals surface area contributed by atoms with Crippen LogP contribution in [0, 0.1) is 5.82 Å². The number of benzene rings is 1. The van der Waals surface area contributed by atoms with Crippen molar-refractivity contribution < 1.29 is 9.13 Å². The average Bonchev–Trinajstić information content (AvgIpc) is 2.73. The number of halogens is 1. The van der Waals surface area contributed by atoms with Crippen LogP contribution in [-0.4, -0.2) is 34.1 Å². The number of nitrogens with zero attached hydrogens (tertiary/aromatic N) is 3. The van der Waals surface area contributed by atoms with Crippen molar-refractivity contribution in [2.45, 2.75) is 32.5 Å². The maximum atomic E-state index is 13.2. The molecule has 0 spiro atoms. The number of nitrogens with one attached hydrogen (secondary N) is 1. The lowest BCUT2D eigenvalue weighted by Crippen LogP contribution is -2.43. The molecule has 1 fully saturated rings. The van der Waals surface area contributed by atoms with Crippen molar-refractivity contribution in [1.82, 2.24) is 15.0 Å². The maximum Gasteiger partial charge on any atom is 0.251 e. The van der Waals surface area contributed by atoms with Gasteiger partial charge in [0.15, 0.2) is 0 Å². The summed E-state index contributed by atoms with van der Waals surface area (Å²) in [5, 5.41) is 0. The zero-order chi connectivity index (χ0) is 20.4. The van der Waals surface area contributed by atoms with Gasteiger partial charge in [-0.1, -0.05) is 19.1 Å². The highest BCUT2D eigenvalue weighted by atomic mass is 19.1. The lowest BCUT2D eigenvalue weighted by Gasteiger charge is -2.37. The predicted molar refractivity (Wildman–Crippen MR) is 109 cm³/mol. The van der Waals surface area contributed by atoms with E-state index >= 15 is 0 Å². The van der Waals surface area contributed by atoms with E-state index in [1.54, 1.807) is 18.3 Å². The van der Waals surface area contributed by atoms with Crippen molar-refractivity contribution in [2.75, 3.05) is 18.0 Å². The molecule has 2 aromatic heterocycles. The number of anilines is 1. The molecule has 1 aliphatic heterocycles. The molecule has 0 radical (unpaired) electrons. The minimum Gasteiger partial charge on any atom is -0.367 e. The Kier molecular flexibility index (Phi) is 5.40. The summed E-state index contributed by atoms with van der Waals surface area (Å²) in [5.41, 5.74) is 2.28. The molecule has 1 N–H and O–H groups in total. The molecule has 0 bridgehead atoms. The Bertz CT molecular complexity index is 1030. The van der Waals surface area contributed by atoms with E-state index in [4.69, 9.17) is 4.74 Å². The van der Waals surface area contributed by atoms with Crippen molar-refractivity contribution in [2.24, 2.45) is 0 Å². The Morgan fingerprint density at radius 2 is 2.00 bits per heavy atom. The number of ether oxygens (including phenoxy) is 1. The summed E-state index contributed by atoms with van der Waals surface area (Å²) < 4.78 is 19.3. The van der Waals surface area contributed by atoms with E-state index in [-0.39, 0.29) is 23.6 Å². The SMILES string of the molecule is CCc1cc(=O)[nH]c(-c2ccc(N3CC(C)OC(c4ccc(F)cc4)C3)nc2)n1. The lowest BCUT2D eigenvalue weighted by molar-refractivity contribution is -0.0176. The Morgan fingerprint density at radius 3 is 2.69 bits per heavy atom. The van der Waals surface area contributed by atoms with Gasteiger partial charge in [-0.3, -0.25) is 4.79 Å². The molecule has 4 rings (SSSR count). The number of aryl methyl sites for hydroxylation is 1. The van der Waals surface area contributed by atoms with Crippen molar-refractivity contribution in [3.63, 3.8) is 0 Å². The van der Waals surface area contributed by atoms with Gasteiger partial charge in [0.25, 0.3) is 5.56 Å². The van der Waals surface area contributed by atoms with Crippen molar-refractivity contribution in [3.8, 4) is 11.4 Å². The van der Waals surface area contributed by atoms with Crippen LogP contribution in [0.25, 0.3) is 11.4 Å². The zero-order valence-corrected chi connectivity index (χ0v) is 16.4. The first kappa shape index (κ1) is 19.3. The number of morpholine rings is 1. The monoisotopic (exact) mass is 394 g/mol. The molecular weight excluding hydrogens is 371 g/mol. The quantitative estimate of drug-likeness (QED) is 0.733. The minimum atomic E-state index is -0.259. The summed E-state index contributed by atoms with van der Waals surface area (Å²) in [6.45, 7) is 5.32. The fourth-order valence-corrected chi connectivity index (χ4v) is 3.54. The van der Waals surface area contributed by atoms with E-state index in [2.05, 4.69) is 19.9 Å². The second-order valence-corrected chi connectivity index (χ2v) is 7.24. The van der Waals surface area contributed by atoms with Gasteiger partial charge in [0, 0.05) is 36.6 Å². The second kappa shape index (κ2) is 8.13. The highest BCUT2D eigenvalue weighted by Crippen LogP contribution is 2.28. The molecule has 2 unspecified atom stereocenters. The van der Waals surface area contributed by atoms with E-state index in [1.807, 2.05) is 26.0 Å². The number of rotatable bonds is 4. The molecule has 7 heteroatoms. The van der Waals surface area contributed by atoms with Gasteiger partial charge in [0.05, 0.1) is 6.10 Å². The van der Waals surface area contributed by atoms with Gasteiger partial charge >= 0.3 is 0 Å². The van der Waals surface area contributed by atoms with Crippen LogP contribution in [-0.2, 0) is 11.2 Å². The Morgan fingerprint density at radius 1 is 1.21 bits per heavy atom. The first-order valence-electron chi connectivity index (χ1n) is 9.74. The van der Waals surface area contributed by atoms with Crippen LogP contribution in [0.15, 0.2) is 53.5 Å². The Hall–Kier alpha value is -3.06. The van der Waals surface area contributed by atoms with Gasteiger partial charge in [0.2, 0.25) is 0 Å². The average molecular weight is 394 g/mol. The van der Waals surface area contributed by atoms with E-state index in [0.29, 0.717) is 25.3 Å². The van der Waals surface area contributed by atoms with Crippen LogP contribution in [0.1, 0.15) is 31.2 Å². The van der Waals surface area contributed by atoms with Gasteiger partial charge in [-0.2, -0.15) is 0 Å². The molecule has 1 aliphatic rings. The molecule has 3 aromatic rings. The molecule has 1 saturated heterocycles. The largest absolute Gasteiger partial charge is 0.367 e. The summed E-state index contributed by atoms with van der Waals surface area (Å²) in [4.78, 5) is 25.8. The molecule has 150 valence electrons. The number of hydrogen-bond donors (Lipinski definition) is 1. The zero-order valence-electron chi connectivity index (χ0n) is 16.4. The third kappa shape index (κ3) is 4.35. The van der Waals surface area contributed by atoms with Crippen LogP contribution in [0.4, 0.5) is 10.2 Å².